The third kappa shape index (κ3) is 4.25. The number of rotatable bonds is 7. The van der Waals surface area contributed by atoms with Crippen LogP contribution in [0.1, 0.15) is 37.7 Å². The lowest BCUT2D eigenvalue weighted by molar-refractivity contribution is -0.198. The largest absolute Gasteiger partial charge is 0.390 e. The van der Waals surface area contributed by atoms with Gasteiger partial charge < -0.3 is 19.3 Å². The Morgan fingerprint density at radius 3 is 2.71 bits per heavy atom. The smallest absolute Gasteiger partial charge is 0.169 e. The van der Waals surface area contributed by atoms with Crippen molar-refractivity contribution in [2.75, 3.05) is 13.2 Å². The first-order chi connectivity index (χ1) is 11.7. The van der Waals surface area contributed by atoms with Crippen molar-refractivity contribution < 1.29 is 19.3 Å². The van der Waals surface area contributed by atoms with E-state index >= 15 is 0 Å². The van der Waals surface area contributed by atoms with E-state index in [4.69, 9.17) is 14.2 Å². The van der Waals surface area contributed by atoms with Gasteiger partial charge in [-0.1, -0.05) is 42.8 Å². The Morgan fingerprint density at radius 2 is 2.00 bits per heavy atom. The maximum atomic E-state index is 10.7. The molecule has 1 N–H and O–H groups in total. The fraction of sp³-hybridized carbons (Fsp3) is 0.600. The van der Waals surface area contributed by atoms with Crippen molar-refractivity contribution in [3.8, 4) is 0 Å². The van der Waals surface area contributed by atoms with Crippen molar-refractivity contribution in [2.45, 2.75) is 56.7 Å². The third-order valence-electron chi connectivity index (χ3n) is 5.04. The summed E-state index contributed by atoms with van der Waals surface area (Å²) in [6.45, 7) is 5.25. The fourth-order valence-corrected chi connectivity index (χ4v) is 3.57. The molecule has 4 nitrogen and oxygen atoms in total. The summed E-state index contributed by atoms with van der Waals surface area (Å²) in [7, 11) is 0. The van der Waals surface area contributed by atoms with E-state index in [9.17, 15) is 5.11 Å². The Hall–Kier alpha value is -1.20. The van der Waals surface area contributed by atoms with Crippen LogP contribution in [-0.2, 0) is 20.8 Å². The summed E-state index contributed by atoms with van der Waals surface area (Å²) in [5.41, 5.74) is 1.12. The molecule has 132 valence electrons. The van der Waals surface area contributed by atoms with Gasteiger partial charge in [0.05, 0.1) is 25.9 Å². The average molecular weight is 332 g/mol. The molecular formula is C20H28O4. The van der Waals surface area contributed by atoms with Crippen LogP contribution in [-0.4, -0.2) is 36.3 Å². The highest BCUT2D eigenvalue weighted by Crippen LogP contribution is 2.39. The van der Waals surface area contributed by atoms with Gasteiger partial charge in [0.15, 0.2) is 5.79 Å². The van der Waals surface area contributed by atoms with Gasteiger partial charge in [-0.05, 0) is 18.4 Å². The first-order valence-corrected chi connectivity index (χ1v) is 8.96. The van der Waals surface area contributed by atoms with Crippen LogP contribution < -0.4 is 0 Å². The van der Waals surface area contributed by atoms with Gasteiger partial charge in [0.25, 0.3) is 0 Å². The van der Waals surface area contributed by atoms with Crippen LogP contribution in [0.15, 0.2) is 43.0 Å². The SMILES string of the molecule is C=C[C@H](COCc1ccccc1)[C@@H](O)[C@H]1COC2(CCCCC2)O1. The molecule has 0 radical (unpaired) electrons. The molecule has 1 aromatic rings. The number of hydrogen-bond donors (Lipinski definition) is 1. The van der Waals surface area contributed by atoms with Crippen molar-refractivity contribution in [1.82, 2.24) is 0 Å². The lowest BCUT2D eigenvalue weighted by atomic mass is 9.94. The van der Waals surface area contributed by atoms with Crippen molar-refractivity contribution in [1.29, 1.82) is 0 Å². The highest BCUT2D eigenvalue weighted by molar-refractivity contribution is 5.13. The van der Waals surface area contributed by atoms with Gasteiger partial charge in [-0.15, -0.1) is 6.58 Å². The van der Waals surface area contributed by atoms with Crippen LogP contribution >= 0.6 is 0 Å². The molecule has 24 heavy (non-hydrogen) atoms. The number of hydrogen-bond acceptors (Lipinski definition) is 4. The molecule has 2 fully saturated rings. The Bertz CT molecular complexity index is 510. The highest BCUT2D eigenvalue weighted by atomic mass is 16.7. The van der Waals surface area contributed by atoms with Gasteiger partial charge in [0.2, 0.25) is 0 Å². The minimum absolute atomic E-state index is 0.166. The quantitative estimate of drug-likeness (QED) is 0.777. The maximum Gasteiger partial charge on any atom is 0.169 e. The molecule has 1 aliphatic carbocycles. The van der Waals surface area contributed by atoms with E-state index in [2.05, 4.69) is 6.58 Å². The average Bonchev–Trinajstić information content (AvgIpc) is 3.03. The molecule has 1 saturated carbocycles. The summed E-state index contributed by atoms with van der Waals surface area (Å²) in [5, 5.41) is 10.7. The molecule has 1 aromatic carbocycles. The molecule has 3 rings (SSSR count). The van der Waals surface area contributed by atoms with Crippen molar-refractivity contribution >= 4 is 0 Å². The standard InChI is InChI=1S/C20H28O4/c1-2-17(14-22-13-16-9-5-3-6-10-16)19(21)18-15-23-20(24-18)11-7-4-8-12-20/h2-3,5-6,9-10,17-19,21H,1,4,7-8,11-15H2/t17-,18-,19-/m1/s1. The Kier molecular flexibility index (Phi) is 6.06. The molecule has 2 aliphatic rings. The summed E-state index contributed by atoms with van der Waals surface area (Å²) in [4.78, 5) is 0. The van der Waals surface area contributed by atoms with Crippen LogP contribution in [0.5, 0.6) is 0 Å². The van der Waals surface area contributed by atoms with Crippen molar-refractivity contribution in [3.63, 3.8) is 0 Å². The van der Waals surface area contributed by atoms with Crippen molar-refractivity contribution in [2.24, 2.45) is 5.92 Å². The second kappa shape index (κ2) is 8.26. The molecule has 0 bridgehead atoms. The predicted octanol–water partition coefficient (Wildman–Crippen LogP) is 3.44. The van der Waals surface area contributed by atoms with E-state index in [0.29, 0.717) is 19.8 Å². The molecular weight excluding hydrogens is 304 g/mol. The zero-order valence-corrected chi connectivity index (χ0v) is 14.2. The van der Waals surface area contributed by atoms with Gasteiger partial charge in [0, 0.05) is 18.8 Å². The van der Waals surface area contributed by atoms with Crippen LogP contribution in [0.3, 0.4) is 0 Å². The summed E-state index contributed by atoms with van der Waals surface area (Å²) in [6.07, 6.45) is 6.17. The molecule has 3 atom stereocenters. The number of benzene rings is 1. The number of aliphatic hydroxyl groups is 1. The molecule has 1 heterocycles. The first-order valence-electron chi connectivity index (χ1n) is 8.96. The summed E-state index contributed by atoms with van der Waals surface area (Å²) < 4.78 is 17.8. The molecule has 4 heteroatoms. The second-order valence-electron chi connectivity index (χ2n) is 6.83. The molecule has 1 aliphatic heterocycles. The Balaban J connectivity index is 1.49. The lowest BCUT2D eigenvalue weighted by Gasteiger charge is -2.33. The van der Waals surface area contributed by atoms with E-state index in [1.54, 1.807) is 6.08 Å². The maximum absolute atomic E-state index is 10.7. The van der Waals surface area contributed by atoms with Crippen LogP contribution in [0.4, 0.5) is 0 Å². The van der Waals surface area contributed by atoms with Crippen molar-refractivity contribution in [3.05, 3.63) is 48.6 Å². The zero-order chi connectivity index (χ0) is 16.8. The highest BCUT2D eigenvalue weighted by Gasteiger charge is 2.45. The predicted molar refractivity (Wildman–Crippen MR) is 92.4 cm³/mol. The number of ether oxygens (including phenoxy) is 3. The normalized spacial score (nSPS) is 25.5. The van der Waals surface area contributed by atoms with E-state index in [1.165, 1.54) is 6.42 Å². The minimum Gasteiger partial charge on any atom is -0.390 e. The van der Waals surface area contributed by atoms with E-state index in [1.807, 2.05) is 30.3 Å². The third-order valence-corrected chi connectivity index (χ3v) is 5.04. The van der Waals surface area contributed by atoms with E-state index < -0.39 is 11.9 Å². The topological polar surface area (TPSA) is 47.9 Å². The number of aliphatic hydroxyl groups excluding tert-OH is 1. The van der Waals surface area contributed by atoms with E-state index in [-0.39, 0.29) is 12.0 Å². The van der Waals surface area contributed by atoms with Crippen LogP contribution in [0, 0.1) is 5.92 Å². The fourth-order valence-electron chi connectivity index (χ4n) is 3.57. The summed E-state index contributed by atoms with van der Waals surface area (Å²) in [6, 6.07) is 10.0. The van der Waals surface area contributed by atoms with Gasteiger partial charge in [-0.25, -0.2) is 0 Å². The zero-order valence-electron chi connectivity index (χ0n) is 14.2. The Labute approximate surface area is 144 Å². The van der Waals surface area contributed by atoms with Gasteiger partial charge >= 0.3 is 0 Å². The molecule has 0 aromatic heterocycles. The van der Waals surface area contributed by atoms with E-state index in [0.717, 1.165) is 31.2 Å². The molecule has 0 amide bonds. The first kappa shape index (κ1) is 17.6. The molecule has 1 saturated heterocycles. The van der Waals surface area contributed by atoms with Gasteiger partial charge in [-0.2, -0.15) is 0 Å². The van der Waals surface area contributed by atoms with Crippen LogP contribution in [0.25, 0.3) is 0 Å². The monoisotopic (exact) mass is 332 g/mol. The van der Waals surface area contributed by atoms with Gasteiger partial charge in [0.1, 0.15) is 6.10 Å². The molecule has 1 spiro atoms. The lowest BCUT2D eigenvalue weighted by Crippen LogP contribution is -2.39. The van der Waals surface area contributed by atoms with Crippen LogP contribution in [0.2, 0.25) is 0 Å². The summed E-state index contributed by atoms with van der Waals surface area (Å²) in [5.74, 6) is -0.624. The summed E-state index contributed by atoms with van der Waals surface area (Å²) >= 11 is 0. The second-order valence-corrected chi connectivity index (χ2v) is 6.83. The minimum atomic E-state index is -0.653. The Morgan fingerprint density at radius 1 is 1.25 bits per heavy atom. The van der Waals surface area contributed by atoms with Gasteiger partial charge in [-0.3, -0.25) is 0 Å². The molecule has 0 unspecified atom stereocenters.